The van der Waals surface area contributed by atoms with Crippen LogP contribution in [-0.4, -0.2) is 29.6 Å². The van der Waals surface area contributed by atoms with E-state index in [1.807, 2.05) is 0 Å². The Morgan fingerprint density at radius 3 is 2.09 bits per heavy atom. The van der Waals surface area contributed by atoms with Gasteiger partial charge in [0.25, 0.3) is 15.7 Å². The van der Waals surface area contributed by atoms with Gasteiger partial charge in [-0.05, 0) is 17.7 Å². The number of para-hydroxylation sites is 1. The van der Waals surface area contributed by atoms with Crippen molar-refractivity contribution in [3.8, 4) is 11.1 Å². The summed E-state index contributed by atoms with van der Waals surface area (Å²) in [5.41, 5.74) is -8.15. The maximum absolute atomic E-state index is 13.4. The quantitative estimate of drug-likeness (QED) is 0.555. The molecule has 3 aromatic rings. The van der Waals surface area contributed by atoms with Crippen molar-refractivity contribution in [3.05, 3.63) is 65.9 Å². The zero-order chi connectivity index (χ0) is 23.9. The number of rotatable bonds is 4. The molecular formula is C19H13F6N3O3S. The first kappa shape index (κ1) is 23.3. The summed E-state index contributed by atoms with van der Waals surface area (Å²) in [5.74, 6) is -1.29. The van der Waals surface area contributed by atoms with Crippen molar-refractivity contribution in [1.82, 2.24) is 9.78 Å². The summed E-state index contributed by atoms with van der Waals surface area (Å²) in [7, 11) is -4.84. The Hall–Kier alpha value is -3.35. The van der Waals surface area contributed by atoms with Crippen LogP contribution in [0.1, 0.15) is 15.9 Å². The van der Waals surface area contributed by atoms with Gasteiger partial charge in [-0.2, -0.15) is 31.4 Å². The largest absolute Gasteiger partial charge is 0.503 e. The highest BCUT2D eigenvalue weighted by atomic mass is 32.2. The summed E-state index contributed by atoms with van der Waals surface area (Å²) in [6.45, 7) is 0. The molecule has 0 radical (unpaired) electrons. The minimum atomic E-state index is -5.95. The lowest BCUT2D eigenvalue weighted by Crippen LogP contribution is -2.26. The minimum absolute atomic E-state index is 0.0714. The summed E-state index contributed by atoms with van der Waals surface area (Å²) < 4.78 is 103. The highest BCUT2D eigenvalue weighted by molar-refractivity contribution is 7.92. The third-order valence-corrected chi connectivity index (χ3v) is 5.72. The van der Waals surface area contributed by atoms with E-state index in [2.05, 4.69) is 10.4 Å². The molecule has 0 spiro atoms. The van der Waals surface area contributed by atoms with Gasteiger partial charge in [0.1, 0.15) is 0 Å². The predicted molar refractivity (Wildman–Crippen MR) is 101 cm³/mol. The van der Waals surface area contributed by atoms with E-state index in [0.29, 0.717) is 4.68 Å². The fourth-order valence-corrected chi connectivity index (χ4v) is 3.80. The van der Waals surface area contributed by atoms with Crippen LogP contribution in [0.2, 0.25) is 0 Å². The molecule has 13 heteroatoms. The number of aromatic nitrogens is 2. The number of anilines is 1. The molecule has 0 saturated heterocycles. The molecule has 0 aliphatic carbocycles. The van der Waals surface area contributed by atoms with E-state index in [-0.39, 0.29) is 16.8 Å². The minimum Gasteiger partial charge on any atom is -0.321 e. The Bertz CT molecular complexity index is 1280. The van der Waals surface area contributed by atoms with Gasteiger partial charge in [-0.15, -0.1) is 0 Å². The van der Waals surface area contributed by atoms with Crippen LogP contribution in [-0.2, 0) is 23.1 Å². The number of benzene rings is 2. The molecule has 1 amide bonds. The Labute approximate surface area is 177 Å². The lowest BCUT2D eigenvalue weighted by molar-refractivity contribution is -0.137. The van der Waals surface area contributed by atoms with Gasteiger partial charge >= 0.3 is 11.7 Å². The second-order valence-corrected chi connectivity index (χ2v) is 8.37. The maximum atomic E-state index is 13.4. The topological polar surface area (TPSA) is 81.1 Å². The molecule has 0 aliphatic rings. The molecule has 2 aromatic carbocycles. The summed E-state index contributed by atoms with van der Waals surface area (Å²) in [5, 5.41) is 3.91. The van der Waals surface area contributed by atoms with E-state index in [1.54, 1.807) is 0 Å². The van der Waals surface area contributed by atoms with Crippen molar-refractivity contribution in [3.63, 3.8) is 0 Å². The first-order valence-electron chi connectivity index (χ1n) is 8.65. The van der Waals surface area contributed by atoms with E-state index in [1.165, 1.54) is 36.4 Å². The molecule has 3 rings (SSSR count). The highest BCUT2D eigenvalue weighted by Crippen LogP contribution is 2.39. The average Bonchev–Trinajstić information content (AvgIpc) is 3.09. The number of sulfone groups is 1. The van der Waals surface area contributed by atoms with Gasteiger partial charge in [0.05, 0.1) is 11.1 Å². The number of hydrogen-bond acceptors (Lipinski definition) is 4. The number of carbonyl (C=O) groups excluding carboxylic acids is 1. The van der Waals surface area contributed by atoms with E-state index in [9.17, 15) is 39.6 Å². The van der Waals surface area contributed by atoms with Crippen molar-refractivity contribution < 1.29 is 39.6 Å². The van der Waals surface area contributed by atoms with Crippen LogP contribution in [0, 0.1) is 0 Å². The van der Waals surface area contributed by atoms with Crippen molar-refractivity contribution in [1.29, 1.82) is 0 Å². The molecule has 0 saturated carbocycles. The average molecular weight is 477 g/mol. The number of nitrogens with one attached hydrogen (secondary N) is 1. The first-order chi connectivity index (χ1) is 14.7. The van der Waals surface area contributed by atoms with Gasteiger partial charge < -0.3 is 5.32 Å². The molecule has 0 bridgehead atoms. The Morgan fingerprint density at radius 2 is 1.50 bits per heavy atom. The summed E-state index contributed by atoms with van der Waals surface area (Å²) in [6.07, 6.45) is -3.95. The van der Waals surface area contributed by atoms with Crippen LogP contribution < -0.4 is 5.32 Å². The second-order valence-electron chi connectivity index (χ2n) is 6.51. The molecule has 170 valence electrons. The highest BCUT2D eigenvalue weighted by Gasteiger charge is 2.50. The number of halogens is 6. The van der Waals surface area contributed by atoms with Crippen molar-refractivity contribution in [2.45, 2.75) is 16.7 Å². The number of amides is 1. The lowest BCUT2D eigenvalue weighted by Gasteiger charge is -2.16. The molecule has 1 heterocycles. The number of nitrogens with zero attached hydrogens (tertiary/aromatic N) is 2. The summed E-state index contributed by atoms with van der Waals surface area (Å²) in [4.78, 5) is 12.7. The maximum Gasteiger partial charge on any atom is 0.503 e. The normalized spacial score (nSPS) is 12.6. The molecular weight excluding hydrogens is 464 g/mol. The van der Waals surface area contributed by atoms with Gasteiger partial charge in [0.2, 0.25) is 0 Å². The standard InChI is InChI=1S/C19H13F6N3O3S/c1-28-10-13(17(27-28)32(30,31)19(23,24)25)16(29)26-15-9-5-3-7-12(15)11-6-2-4-8-14(11)18(20,21)22/h2-10H,1H3,(H,26,29). The van der Waals surface area contributed by atoms with Crippen molar-refractivity contribution in [2.75, 3.05) is 5.32 Å². The molecule has 0 aliphatic heterocycles. The monoisotopic (exact) mass is 477 g/mol. The van der Waals surface area contributed by atoms with Crippen LogP contribution in [0.15, 0.2) is 59.8 Å². The van der Waals surface area contributed by atoms with Crippen LogP contribution >= 0.6 is 0 Å². The Morgan fingerprint density at radius 1 is 0.938 bits per heavy atom. The van der Waals surface area contributed by atoms with Crippen LogP contribution in [0.5, 0.6) is 0 Å². The Kier molecular flexibility index (Phi) is 5.80. The number of aryl methyl sites for hydroxylation is 1. The zero-order valence-corrected chi connectivity index (χ0v) is 16.8. The molecule has 0 fully saturated rings. The second kappa shape index (κ2) is 7.97. The van der Waals surface area contributed by atoms with Crippen LogP contribution in [0.4, 0.5) is 32.0 Å². The number of alkyl halides is 6. The first-order valence-corrected chi connectivity index (χ1v) is 10.1. The van der Waals surface area contributed by atoms with Crippen molar-refractivity contribution in [2.24, 2.45) is 7.05 Å². The molecule has 32 heavy (non-hydrogen) atoms. The summed E-state index contributed by atoms with van der Waals surface area (Å²) >= 11 is 0. The van der Waals surface area contributed by atoms with Crippen LogP contribution in [0.3, 0.4) is 0 Å². The van der Waals surface area contributed by atoms with Gasteiger partial charge in [-0.3, -0.25) is 9.48 Å². The molecule has 1 aromatic heterocycles. The third kappa shape index (κ3) is 4.33. The van der Waals surface area contributed by atoms with Crippen LogP contribution in [0.25, 0.3) is 11.1 Å². The van der Waals surface area contributed by atoms with Gasteiger partial charge in [0, 0.05) is 24.5 Å². The van der Waals surface area contributed by atoms with Crippen molar-refractivity contribution >= 4 is 21.4 Å². The van der Waals surface area contributed by atoms with E-state index in [4.69, 9.17) is 0 Å². The smallest absolute Gasteiger partial charge is 0.321 e. The zero-order valence-electron chi connectivity index (χ0n) is 16.0. The number of carbonyl (C=O) groups is 1. The van der Waals surface area contributed by atoms with Gasteiger partial charge in [-0.1, -0.05) is 36.4 Å². The fraction of sp³-hybridized carbons (Fsp3) is 0.158. The predicted octanol–water partition coefficient (Wildman–Crippen LogP) is 4.65. The van der Waals surface area contributed by atoms with Gasteiger partial charge in [0.15, 0.2) is 5.03 Å². The molecule has 1 N–H and O–H groups in total. The SMILES string of the molecule is Cn1cc(C(=O)Nc2ccccc2-c2ccccc2C(F)(F)F)c(S(=O)(=O)C(F)(F)F)n1. The lowest BCUT2D eigenvalue weighted by atomic mass is 9.97. The molecule has 0 atom stereocenters. The summed E-state index contributed by atoms with van der Waals surface area (Å²) in [6, 6.07) is 9.81. The van der Waals surface area contributed by atoms with E-state index < -0.39 is 43.6 Å². The fourth-order valence-electron chi connectivity index (χ4n) is 2.91. The molecule has 0 unspecified atom stereocenters. The van der Waals surface area contributed by atoms with E-state index in [0.717, 1.165) is 25.4 Å². The molecule has 6 nitrogen and oxygen atoms in total. The van der Waals surface area contributed by atoms with Gasteiger partial charge in [-0.25, -0.2) is 8.42 Å². The third-order valence-electron chi connectivity index (χ3n) is 4.30. The number of hydrogen-bond donors (Lipinski definition) is 1. The van der Waals surface area contributed by atoms with E-state index >= 15 is 0 Å². The Balaban J connectivity index is 2.07.